The molecule has 0 amide bonds. The molecule has 1 aliphatic heterocycles. The van der Waals surface area contributed by atoms with E-state index in [1.165, 1.54) is 9.47 Å². The van der Waals surface area contributed by atoms with E-state index in [4.69, 9.17) is 10.5 Å². The molecule has 2 heterocycles. The fraction of sp³-hybridized carbons (Fsp3) is 0.500. The van der Waals surface area contributed by atoms with E-state index >= 15 is 4.39 Å². The Hall–Kier alpha value is -2.52. The number of pyridine rings is 1. The molecule has 0 aliphatic carbocycles. The van der Waals surface area contributed by atoms with Gasteiger partial charge in [0.2, 0.25) is 5.43 Å². The van der Waals surface area contributed by atoms with Crippen molar-refractivity contribution in [1.29, 1.82) is 0 Å². The molecule has 158 valence electrons. The highest BCUT2D eigenvalue weighted by Gasteiger charge is 2.34. The third kappa shape index (κ3) is 3.72. The van der Waals surface area contributed by atoms with E-state index in [0.29, 0.717) is 0 Å². The molecule has 9 heteroatoms. The summed E-state index contributed by atoms with van der Waals surface area (Å²) < 4.78 is 37.6. The lowest BCUT2D eigenvalue weighted by atomic mass is 9.97. The topological polar surface area (TPSA) is 97.8 Å². The van der Waals surface area contributed by atoms with Crippen molar-refractivity contribution >= 4 is 22.6 Å². The molecule has 2 aromatic rings. The van der Waals surface area contributed by atoms with Crippen LogP contribution in [0.15, 0.2) is 17.1 Å². The molecule has 1 unspecified atom stereocenters. The summed E-state index contributed by atoms with van der Waals surface area (Å²) >= 11 is 0. The van der Waals surface area contributed by atoms with Gasteiger partial charge in [0, 0.05) is 30.9 Å². The first-order chi connectivity index (χ1) is 13.4. The van der Waals surface area contributed by atoms with Crippen LogP contribution in [0.2, 0.25) is 0 Å². The van der Waals surface area contributed by atoms with E-state index < -0.39 is 40.2 Å². The number of aromatic carboxylic acids is 1. The Kier molecular flexibility index (Phi) is 5.40. The van der Waals surface area contributed by atoms with Gasteiger partial charge < -0.3 is 25.0 Å². The normalized spacial score (nSPS) is 17.9. The molecule has 1 aromatic heterocycles. The zero-order chi connectivity index (χ0) is 21.7. The molecule has 1 aromatic carbocycles. The van der Waals surface area contributed by atoms with Gasteiger partial charge in [0.1, 0.15) is 17.1 Å². The van der Waals surface area contributed by atoms with Crippen molar-refractivity contribution < 1.29 is 23.4 Å². The monoisotopic (exact) mass is 409 g/mol. The van der Waals surface area contributed by atoms with Crippen LogP contribution < -0.4 is 16.1 Å². The van der Waals surface area contributed by atoms with Gasteiger partial charge in [-0.1, -0.05) is 0 Å². The number of hydrogen-bond acceptors (Lipinski definition) is 5. The molecular formula is C20H25F2N3O4. The highest BCUT2D eigenvalue weighted by atomic mass is 19.1. The summed E-state index contributed by atoms with van der Waals surface area (Å²) in [7, 11) is 0. The number of nitrogens with zero attached hydrogens (tertiary/aromatic N) is 2. The summed E-state index contributed by atoms with van der Waals surface area (Å²) in [4.78, 5) is 25.5. The first-order valence-electron chi connectivity index (χ1n) is 9.39. The van der Waals surface area contributed by atoms with Gasteiger partial charge in [-0.05, 0) is 33.8 Å². The molecular weight excluding hydrogens is 384 g/mol. The summed E-state index contributed by atoms with van der Waals surface area (Å²) in [5.41, 5.74) is 3.55. The van der Waals surface area contributed by atoms with Crippen LogP contribution in [0.4, 0.5) is 14.5 Å². The van der Waals surface area contributed by atoms with Crippen LogP contribution in [0.3, 0.4) is 0 Å². The average molecular weight is 409 g/mol. The number of rotatable bonds is 4. The second-order valence-corrected chi connectivity index (χ2v) is 8.22. The minimum Gasteiger partial charge on any atom is -0.477 e. The number of carbonyl (C=O) groups is 1. The van der Waals surface area contributed by atoms with Crippen LogP contribution in [-0.4, -0.2) is 47.0 Å². The SMILES string of the molecule is CC(C)n1cc(C(=O)O)c(=O)c2cc(F)c(N3CCOC(C(C)(C)N)C3)c(F)c21. The Bertz CT molecular complexity index is 1030. The number of aromatic nitrogens is 1. The van der Waals surface area contributed by atoms with E-state index in [-0.39, 0.29) is 42.3 Å². The number of halogens is 2. The van der Waals surface area contributed by atoms with Crippen molar-refractivity contribution in [3.05, 3.63) is 39.7 Å². The van der Waals surface area contributed by atoms with Gasteiger partial charge in [-0.25, -0.2) is 13.6 Å². The predicted molar refractivity (Wildman–Crippen MR) is 106 cm³/mol. The van der Waals surface area contributed by atoms with Gasteiger partial charge in [-0.2, -0.15) is 0 Å². The number of carboxylic acids is 1. The maximum absolute atomic E-state index is 15.6. The molecule has 0 radical (unpaired) electrons. The summed E-state index contributed by atoms with van der Waals surface area (Å²) in [5.74, 6) is -3.28. The quantitative estimate of drug-likeness (QED) is 0.805. The lowest BCUT2D eigenvalue weighted by molar-refractivity contribution is -0.000552. The van der Waals surface area contributed by atoms with E-state index in [2.05, 4.69) is 0 Å². The molecule has 0 bridgehead atoms. The number of carboxylic acid groups (broad SMARTS) is 1. The van der Waals surface area contributed by atoms with Crippen molar-refractivity contribution in [2.45, 2.75) is 45.4 Å². The van der Waals surface area contributed by atoms with Gasteiger partial charge in [-0.15, -0.1) is 0 Å². The van der Waals surface area contributed by atoms with Crippen LogP contribution in [0.5, 0.6) is 0 Å². The Balaban J connectivity index is 2.26. The summed E-state index contributed by atoms with van der Waals surface area (Å²) in [6.45, 7) is 7.68. The molecule has 1 aliphatic rings. The molecule has 0 saturated carbocycles. The number of anilines is 1. The van der Waals surface area contributed by atoms with Crippen molar-refractivity contribution in [3.8, 4) is 0 Å². The lowest BCUT2D eigenvalue weighted by Crippen LogP contribution is -2.56. The van der Waals surface area contributed by atoms with Gasteiger partial charge in [0.25, 0.3) is 0 Å². The molecule has 1 atom stereocenters. The third-order valence-electron chi connectivity index (χ3n) is 5.18. The van der Waals surface area contributed by atoms with Gasteiger partial charge in [0.05, 0.1) is 23.6 Å². The van der Waals surface area contributed by atoms with Crippen LogP contribution in [-0.2, 0) is 4.74 Å². The van der Waals surface area contributed by atoms with E-state index in [1.807, 2.05) is 0 Å². The largest absolute Gasteiger partial charge is 0.477 e. The maximum Gasteiger partial charge on any atom is 0.341 e. The lowest BCUT2D eigenvalue weighted by Gasteiger charge is -2.40. The van der Waals surface area contributed by atoms with Crippen molar-refractivity contribution in [1.82, 2.24) is 4.57 Å². The number of fused-ring (bicyclic) bond motifs is 1. The fourth-order valence-electron chi connectivity index (χ4n) is 3.58. The molecule has 1 saturated heterocycles. The summed E-state index contributed by atoms with van der Waals surface area (Å²) in [5, 5.41) is 8.99. The fourth-order valence-corrected chi connectivity index (χ4v) is 3.58. The summed E-state index contributed by atoms with van der Waals surface area (Å²) in [6.07, 6.45) is 0.667. The first kappa shape index (κ1) is 21.2. The Morgan fingerprint density at radius 2 is 2.03 bits per heavy atom. The second kappa shape index (κ2) is 7.38. The zero-order valence-electron chi connectivity index (χ0n) is 16.8. The number of nitrogens with two attached hydrogens (primary N) is 1. The highest BCUT2D eigenvalue weighted by molar-refractivity contribution is 5.94. The Morgan fingerprint density at radius 3 is 2.59 bits per heavy atom. The molecule has 3 rings (SSSR count). The molecule has 7 nitrogen and oxygen atoms in total. The van der Waals surface area contributed by atoms with Gasteiger partial charge >= 0.3 is 5.97 Å². The van der Waals surface area contributed by atoms with Crippen molar-refractivity contribution in [2.24, 2.45) is 5.73 Å². The predicted octanol–water partition coefficient (Wildman–Crippen LogP) is 2.50. The Labute approximate surface area is 166 Å². The first-order valence-corrected chi connectivity index (χ1v) is 9.39. The number of morpholine rings is 1. The van der Waals surface area contributed by atoms with E-state index in [0.717, 1.165) is 12.3 Å². The molecule has 3 N–H and O–H groups in total. The minimum atomic E-state index is -1.45. The third-order valence-corrected chi connectivity index (χ3v) is 5.18. The second-order valence-electron chi connectivity index (χ2n) is 8.22. The minimum absolute atomic E-state index is 0.124. The van der Waals surface area contributed by atoms with Crippen LogP contribution in [0.25, 0.3) is 10.9 Å². The highest BCUT2D eigenvalue weighted by Crippen LogP contribution is 2.33. The zero-order valence-corrected chi connectivity index (χ0v) is 16.8. The van der Waals surface area contributed by atoms with Crippen LogP contribution >= 0.6 is 0 Å². The van der Waals surface area contributed by atoms with Gasteiger partial charge in [-0.3, -0.25) is 4.79 Å². The van der Waals surface area contributed by atoms with Crippen molar-refractivity contribution in [2.75, 3.05) is 24.6 Å². The number of ether oxygens (including phenoxy) is 1. The van der Waals surface area contributed by atoms with Gasteiger partial charge in [0.15, 0.2) is 5.82 Å². The van der Waals surface area contributed by atoms with Crippen LogP contribution in [0.1, 0.15) is 44.1 Å². The molecule has 1 fully saturated rings. The Morgan fingerprint density at radius 1 is 1.38 bits per heavy atom. The number of benzene rings is 1. The molecule has 0 spiro atoms. The smallest absolute Gasteiger partial charge is 0.341 e. The summed E-state index contributed by atoms with van der Waals surface area (Å²) in [6, 6.07) is 0.559. The maximum atomic E-state index is 15.6. The van der Waals surface area contributed by atoms with Crippen LogP contribution in [0, 0.1) is 11.6 Å². The standard InChI is InChI=1S/C20H25F2N3O4/c1-10(2)25-8-12(19(27)28)18(26)11-7-13(21)17(15(22)16(11)25)24-5-6-29-14(9-24)20(3,4)23/h7-8,10,14H,5-6,9,23H2,1-4H3,(H,27,28). The molecule has 29 heavy (non-hydrogen) atoms. The number of hydrogen-bond donors (Lipinski definition) is 2. The van der Waals surface area contributed by atoms with E-state index in [9.17, 15) is 19.1 Å². The average Bonchev–Trinajstić information content (AvgIpc) is 2.61. The van der Waals surface area contributed by atoms with Crippen molar-refractivity contribution in [3.63, 3.8) is 0 Å². The van der Waals surface area contributed by atoms with E-state index in [1.54, 1.807) is 27.7 Å².